The minimum atomic E-state index is 0.202. The summed E-state index contributed by atoms with van der Waals surface area (Å²) in [6.45, 7) is 6.22. The van der Waals surface area contributed by atoms with E-state index in [4.69, 9.17) is 0 Å². The van der Waals surface area contributed by atoms with Crippen molar-refractivity contribution in [2.75, 3.05) is 0 Å². The molecule has 0 atom stereocenters. The second kappa shape index (κ2) is 9.68. The Hall–Kier alpha value is -1.18. The standard InChI is InChI=1S/C18H29NO/c1-4-5-6-7-8-9-10-11-12-17(20)18-16(3)13-15(2)14-19-18/h13-14H,4-12H2,1-3H3. The predicted octanol–water partition coefficient (Wildman–Crippen LogP) is 5.41. The van der Waals surface area contributed by atoms with Crippen LogP contribution in [0.5, 0.6) is 0 Å². The van der Waals surface area contributed by atoms with E-state index in [2.05, 4.69) is 11.9 Å². The van der Waals surface area contributed by atoms with Crippen molar-refractivity contribution in [1.29, 1.82) is 0 Å². The first kappa shape index (κ1) is 16.9. The average molecular weight is 275 g/mol. The summed E-state index contributed by atoms with van der Waals surface area (Å²) < 4.78 is 0. The van der Waals surface area contributed by atoms with Crippen LogP contribution in [0.4, 0.5) is 0 Å². The van der Waals surface area contributed by atoms with Gasteiger partial charge in [-0.05, 0) is 31.4 Å². The molecule has 0 spiro atoms. The highest BCUT2D eigenvalue weighted by Crippen LogP contribution is 2.13. The van der Waals surface area contributed by atoms with Gasteiger partial charge in [0, 0.05) is 12.6 Å². The van der Waals surface area contributed by atoms with Crippen molar-refractivity contribution < 1.29 is 4.79 Å². The molecule has 2 heteroatoms. The van der Waals surface area contributed by atoms with Gasteiger partial charge in [-0.15, -0.1) is 0 Å². The largest absolute Gasteiger partial charge is 0.292 e. The third-order valence-electron chi connectivity index (χ3n) is 3.74. The molecule has 0 N–H and O–H groups in total. The molecule has 1 aromatic rings. The van der Waals surface area contributed by atoms with E-state index in [0.717, 1.165) is 17.5 Å². The molecule has 20 heavy (non-hydrogen) atoms. The number of aromatic nitrogens is 1. The molecule has 0 aliphatic carbocycles. The minimum absolute atomic E-state index is 0.202. The Kier molecular flexibility index (Phi) is 8.17. The maximum absolute atomic E-state index is 12.1. The van der Waals surface area contributed by atoms with Gasteiger partial charge in [0.05, 0.1) is 0 Å². The normalized spacial score (nSPS) is 10.8. The summed E-state index contributed by atoms with van der Waals surface area (Å²) in [5.41, 5.74) is 2.79. The van der Waals surface area contributed by atoms with Crippen LogP contribution >= 0.6 is 0 Å². The lowest BCUT2D eigenvalue weighted by Gasteiger charge is -2.05. The lowest BCUT2D eigenvalue weighted by molar-refractivity contribution is 0.0973. The zero-order valence-corrected chi connectivity index (χ0v) is 13.4. The van der Waals surface area contributed by atoms with Crippen molar-refractivity contribution in [2.45, 2.75) is 78.6 Å². The molecule has 0 amide bonds. The number of nitrogens with zero attached hydrogens (tertiary/aromatic N) is 1. The van der Waals surface area contributed by atoms with Crippen LogP contribution in [0.1, 0.15) is 86.3 Å². The number of Topliss-reactive ketones (excluding diaryl/α,β-unsaturated/α-hetero) is 1. The fraction of sp³-hybridized carbons (Fsp3) is 0.667. The monoisotopic (exact) mass is 275 g/mol. The second-order valence-electron chi connectivity index (χ2n) is 5.83. The van der Waals surface area contributed by atoms with Gasteiger partial charge in [-0.1, -0.05) is 57.9 Å². The van der Waals surface area contributed by atoms with Gasteiger partial charge in [0.1, 0.15) is 5.69 Å². The highest BCUT2D eigenvalue weighted by molar-refractivity contribution is 5.95. The fourth-order valence-electron chi connectivity index (χ4n) is 2.55. The summed E-state index contributed by atoms with van der Waals surface area (Å²) >= 11 is 0. The van der Waals surface area contributed by atoms with E-state index in [-0.39, 0.29) is 5.78 Å². The van der Waals surface area contributed by atoms with E-state index < -0.39 is 0 Å². The molecular formula is C18H29NO. The van der Waals surface area contributed by atoms with E-state index in [1.165, 1.54) is 44.9 Å². The van der Waals surface area contributed by atoms with Crippen LogP contribution in [0, 0.1) is 13.8 Å². The first-order valence-corrected chi connectivity index (χ1v) is 8.11. The van der Waals surface area contributed by atoms with Crippen molar-refractivity contribution >= 4 is 5.78 Å². The van der Waals surface area contributed by atoms with Crippen LogP contribution in [-0.2, 0) is 0 Å². The van der Waals surface area contributed by atoms with Gasteiger partial charge in [-0.25, -0.2) is 0 Å². The SMILES string of the molecule is CCCCCCCCCCC(=O)c1ncc(C)cc1C. The van der Waals surface area contributed by atoms with Gasteiger partial charge in [-0.3, -0.25) is 9.78 Å². The summed E-state index contributed by atoms with van der Waals surface area (Å²) in [6, 6.07) is 2.04. The van der Waals surface area contributed by atoms with Gasteiger partial charge >= 0.3 is 0 Å². The Balaban J connectivity index is 2.17. The van der Waals surface area contributed by atoms with Crippen LogP contribution in [0.15, 0.2) is 12.3 Å². The smallest absolute Gasteiger partial charge is 0.181 e. The van der Waals surface area contributed by atoms with Gasteiger partial charge in [-0.2, -0.15) is 0 Å². The number of carbonyl (C=O) groups is 1. The number of hydrogen-bond acceptors (Lipinski definition) is 2. The van der Waals surface area contributed by atoms with Crippen molar-refractivity contribution in [3.8, 4) is 0 Å². The van der Waals surface area contributed by atoms with Crippen molar-refractivity contribution in [3.63, 3.8) is 0 Å². The third-order valence-corrected chi connectivity index (χ3v) is 3.74. The maximum atomic E-state index is 12.1. The van der Waals surface area contributed by atoms with Gasteiger partial charge in [0.25, 0.3) is 0 Å². The number of ketones is 1. The van der Waals surface area contributed by atoms with Gasteiger partial charge in [0.15, 0.2) is 5.78 Å². The lowest BCUT2D eigenvalue weighted by atomic mass is 10.0. The molecular weight excluding hydrogens is 246 g/mol. The Morgan fingerprint density at radius 3 is 2.20 bits per heavy atom. The maximum Gasteiger partial charge on any atom is 0.181 e. The zero-order chi connectivity index (χ0) is 14.8. The fourth-order valence-corrected chi connectivity index (χ4v) is 2.55. The highest BCUT2D eigenvalue weighted by Gasteiger charge is 2.10. The molecule has 0 saturated heterocycles. The molecule has 0 saturated carbocycles. The first-order valence-electron chi connectivity index (χ1n) is 8.11. The summed E-state index contributed by atoms with van der Waals surface area (Å²) in [5, 5.41) is 0. The number of rotatable bonds is 10. The van der Waals surface area contributed by atoms with E-state index in [9.17, 15) is 4.79 Å². The summed E-state index contributed by atoms with van der Waals surface area (Å²) in [4.78, 5) is 16.4. The van der Waals surface area contributed by atoms with Crippen molar-refractivity contribution in [1.82, 2.24) is 4.98 Å². The molecule has 0 aliphatic rings. The zero-order valence-electron chi connectivity index (χ0n) is 13.4. The molecule has 0 bridgehead atoms. The Bertz CT molecular complexity index is 412. The van der Waals surface area contributed by atoms with E-state index in [1.807, 2.05) is 19.9 Å². The molecule has 0 fully saturated rings. The van der Waals surface area contributed by atoms with Gasteiger partial charge in [0.2, 0.25) is 0 Å². The van der Waals surface area contributed by atoms with Gasteiger partial charge < -0.3 is 0 Å². The predicted molar refractivity (Wildman–Crippen MR) is 85.3 cm³/mol. The third kappa shape index (κ3) is 6.31. The molecule has 0 radical (unpaired) electrons. The molecule has 0 aromatic carbocycles. The highest BCUT2D eigenvalue weighted by atomic mass is 16.1. The number of hydrogen-bond donors (Lipinski definition) is 0. The Morgan fingerprint density at radius 2 is 1.60 bits per heavy atom. The Labute approximate surface area is 124 Å². The summed E-state index contributed by atoms with van der Waals surface area (Å²) in [6.07, 6.45) is 12.5. The number of aryl methyl sites for hydroxylation is 2. The van der Waals surface area contributed by atoms with Crippen LogP contribution < -0.4 is 0 Å². The number of pyridine rings is 1. The molecule has 0 unspecified atom stereocenters. The van der Waals surface area contributed by atoms with E-state index in [1.54, 1.807) is 6.20 Å². The van der Waals surface area contributed by atoms with Crippen LogP contribution in [-0.4, -0.2) is 10.8 Å². The molecule has 0 aliphatic heterocycles. The molecule has 112 valence electrons. The summed E-state index contributed by atoms with van der Waals surface area (Å²) in [5.74, 6) is 0.202. The molecule has 1 rings (SSSR count). The van der Waals surface area contributed by atoms with E-state index >= 15 is 0 Å². The second-order valence-corrected chi connectivity index (χ2v) is 5.83. The van der Waals surface area contributed by atoms with Crippen LogP contribution in [0.2, 0.25) is 0 Å². The van der Waals surface area contributed by atoms with E-state index in [0.29, 0.717) is 12.1 Å². The van der Waals surface area contributed by atoms with Crippen molar-refractivity contribution in [2.24, 2.45) is 0 Å². The Morgan fingerprint density at radius 1 is 1.00 bits per heavy atom. The molecule has 1 heterocycles. The number of unbranched alkanes of at least 4 members (excludes halogenated alkanes) is 7. The quantitative estimate of drug-likeness (QED) is 0.422. The number of carbonyl (C=O) groups excluding carboxylic acids is 1. The van der Waals surface area contributed by atoms with Crippen LogP contribution in [0.3, 0.4) is 0 Å². The average Bonchev–Trinajstić information content (AvgIpc) is 2.41. The minimum Gasteiger partial charge on any atom is -0.292 e. The first-order chi connectivity index (χ1) is 9.65. The topological polar surface area (TPSA) is 30.0 Å². The molecule has 2 nitrogen and oxygen atoms in total. The summed E-state index contributed by atoms with van der Waals surface area (Å²) in [7, 11) is 0. The van der Waals surface area contributed by atoms with Crippen LogP contribution in [0.25, 0.3) is 0 Å². The molecule has 1 aromatic heterocycles. The lowest BCUT2D eigenvalue weighted by Crippen LogP contribution is -2.05. The van der Waals surface area contributed by atoms with Crippen molar-refractivity contribution in [3.05, 3.63) is 29.1 Å².